The number of hydrogen-bond donors (Lipinski definition) is 1. The van der Waals surface area contributed by atoms with Crippen LogP contribution in [0.5, 0.6) is 0 Å². The zero-order valence-corrected chi connectivity index (χ0v) is 13.4. The molecule has 0 aliphatic heterocycles. The highest BCUT2D eigenvalue weighted by Crippen LogP contribution is 2.23. The van der Waals surface area contributed by atoms with Crippen LogP contribution in [0.25, 0.3) is 0 Å². The molecule has 5 heteroatoms. The molecular formula is C16H20N2O2S. The quantitative estimate of drug-likeness (QED) is 0.886. The third-order valence-corrected chi connectivity index (χ3v) is 4.39. The smallest absolute Gasteiger partial charge is 0.305 e. The molecule has 0 fully saturated rings. The molecule has 0 saturated carbocycles. The molecule has 0 bridgehead atoms. The minimum absolute atomic E-state index is 0.130. The fraction of sp³-hybridized carbons (Fsp3) is 0.375. The van der Waals surface area contributed by atoms with Gasteiger partial charge in [0, 0.05) is 17.1 Å². The topological polar surface area (TPSA) is 53.4 Å². The zero-order valence-electron chi connectivity index (χ0n) is 12.6. The molecule has 0 saturated heterocycles. The van der Waals surface area contributed by atoms with E-state index in [1.54, 1.807) is 11.3 Å². The fourth-order valence-corrected chi connectivity index (χ4v) is 3.13. The van der Waals surface area contributed by atoms with Crippen molar-refractivity contribution in [3.8, 4) is 0 Å². The lowest BCUT2D eigenvalue weighted by Gasteiger charge is -2.24. The summed E-state index contributed by atoms with van der Waals surface area (Å²) in [6.45, 7) is 7.24. The Morgan fingerprint density at radius 2 is 1.90 bits per heavy atom. The SMILES string of the molecule is Cc1ccc(N(CCC(=O)O)Cc2sc(C)nc2C)cc1. The van der Waals surface area contributed by atoms with Crippen molar-refractivity contribution in [1.82, 2.24) is 4.98 Å². The molecule has 0 aliphatic rings. The van der Waals surface area contributed by atoms with Gasteiger partial charge in [0.1, 0.15) is 0 Å². The van der Waals surface area contributed by atoms with Gasteiger partial charge in [-0.1, -0.05) is 17.7 Å². The minimum Gasteiger partial charge on any atom is -0.481 e. The van der Waals surface area contributed by atoms with Crippen molar-refractivity contribution in [3.05, 3.63) is 45.4 Å². The minimum atomic E-state index is -0.774. The van der Waals surface area contributed by atoms with Crippen LogP contribution in [0.15, 0.2) is 24.3 Å². The average Bonchev–Trinajstić information content (AvgIpc) is 2.73. The van der Waals surface area contributed by atoms with Gasteiger partial charge in [0.25, 0.3) is 0 Å². The molecule has 1 aromatic heterocycles. The highest BCUT2D eigenvalue weighted by Gasteiger charge is 2.13. The van der Waals surface area contributed by atoms with Crippen molar-refractivity contribution in [3.63, 3.8) is 0 Å². The Balaban J connectivity index is 2.21. The van der Waals surface area contributed by atoms with Crippen LogP contribution in [-0.4, -0.2) is 22.6 Å². The number of aryl methyl sites for hydroxylation is 3. The Bertz CT molecular complexity index is 620. The van der Waals surface area contributed by atoms with E-state index in [0.717, 1.165) is 16.4 Å². The Morgan fingerprint density at radius 1 is 1.24 bits per heavy atom. The summed E-state index contributed by atoms with van der Waals surface area (Å²) >= 11 is 1.67. The van der Waals surface area contributed by atoms with Gasteiger partial charge < -0.3 is 10.0 Å². The molecule has 21 heavy (non-hydrogen) atoms. The van der Waals surface area contributed by atoms with Gasteiger partial charge in [-0.15, -0.1) is 11.3 Å². The van der Waals surface area contributed by atoms with E-state index in [4.69, 9.17) is 5.11 Å². The summed E-state index contributed by atoms with van der Waals surface area (Å²) in [7, 11) is 0. The molecule has 4 nitrogen and oxygen atoms in total. The van der Waals surface area contributed by atoms with E-state index in [1.165, 1.54) is 10.4 Å². The molecule has 2 rings (SSSR count). The second-order valence-corrected chi connectivity index (χ2v) is 6.43. The van der Waals surface area contributed by atoms with E-state index in [9.17, 15) is 4.79 Å². The summed E-state index contributed by atoms with van der Waals surface area (Å²) < 4.78 is 0. The van der Waals surface area contributed by atoms with Gasteiger partial charge in [0.2, 0.25) is 0 Å². The number of aliphatic carboxylic acids is 1. The van der Waals surface area contributed by atoms with Crippen LogP contribution in [0, 0.1) is 20.8 Å². The molecule has 0 radical (unpaired) electrons. The first-order valence-corrected chi connectivity index (χ1v) is 7.73. The van der Waals surface area contributed by atoms with Crippen LogP contribution < -0.4 is 4.90 Å². The first-order valence-electron chi connectivity index (χ1n) is 6.92. The zero-order chi connectivity index (χ0) is 15.4. The Hall–Kier alpha value is -1.88. The molecular weight excluding hydrogens is 284 g/mol. The molecule has 112 valence electrons. The number of carbonyl (C=O) groups is 1. The summed E-state index contributed by atoms with van der Waals surface area (Å²) in [6, 6.07) is 8.18. The van der Waals surface area contributed by atoms with Gasteiger partial charge in [-0.25, -0.2) is 4.98 Å². The normalized spacial score (nSPS) is 10.6. The van der Waals surface area contributed by atoms with Gasteiger partial charge in [0.05, 0.1) is 23.7 Å². The highest BCUT2D eigenvalue weighted by atomic mass is 32.1. The lowest BCUT2D eigenvalue weighted by Crippen LogP contribution is -2.25. The van der Waals surface area contributed by atoms with E-state index in [0.29, 0.717) is 13.1 Å². The predicted molar refractivity (Wildman–Crippen MR) is 86.1 cm³/mol. The fourth-order valence-electron chi connectivity index (χ4n) is 2.18. The van der Waals surface area contributed by atoms with Gasteiger partial charge in [-0.3, -0.25) is 4.79 Å². The molecule has 1 N–H and O–H groups in total. The molecule has 0 atom stereocenters. The average molecular weight is 304 g/mol. The molecule has 1 aromatic carbocycles. The molecule has 2 aromatic rings. The van der Waals surface area contributed by atoms with E-state index >= 15 is 0 Å². The molecule has 1 heterocycles. The van der Waals surface area contributed by atoms with Crippen molar-refractivity contribution in [2.75, 3.05) is 11.4 Å². The van der Waals surface area contributed by atoms with Crippen LogP contribution in [-0.2, 0) is 11.3 Å². The largest absolute Gasteiger partial charge is 0.481 e. The number of nitrogens with zero attached hydrogens (tertiary/aromatic N) is 2. The van der Waals surface area contributed by atoms with Crippen molar-refractivity contribution in [2.24, 2.45) is 0 Å². The summed E-state index contributed by atoms with van der Waals surface area (Å²) in [6.07, 6.45) is 0.130. The Labute approximate surface area is 129 Å². The van der Waals surface area contributed by atoms with E-state index in [2.05, 4.69) is 9.88 Å². The lowest BCUT2D eigenvalue weighted by molar-refractivity contribution is -0.136. The first kappa shape index (κ1) is 15.5. The monoisotopic (exact) mass is 304 g/mol. The summed E-state index contributed by atoms with van der Waals surface area (Å²) in [5, 5.41) is 9.99. The van der Waals surface area contributed by atoms with E-state index in [1.807, 2.05) is 45.0 Å². The number of aromatic nitrogens is 1. The van der Waals surface area contributed by atoms with Crippen LogP contribution in [0.4, 0.5) is 5.69 Å². The van der Waals surface area contributed by atoms with Crippen LogP contribution in [0.1, 0.15) is 27.6 Å². The standard InChI is InChI=1S/C16H20N2O2S/c1-11-4-6-14(7-5-11)18(9-8-16(19)20)10-15-12(2)17-13(3)21-15/h4-7H,8-10H2,1-3H3,(H,19,20). The maximum absolute atomic E-state index is 10.9. The number of benzene rings is 1. The highest BCUT2D eigenvalue weighted by molar-refractivity contribution is 7.11. The Kier molecular flexibility index (Phi) is 4.96. The number of carboxylic acid groups (broad SMARTS) is 1. The first-order chi connectivity index (χ1) is 9.95. The van der Waals surface area contributed by atoms with Crippen molar-refractivity contribution in [2.45, 2.75) is 33.7 Å². The maximum atomic E-state index is 10.9. The number of anilines is 1. The van der Waals surface area contributed by atoms with Crippen molar-refractivity contribution in [1.29, 1.82) is 0 Å². The molecule has 0 spiro atoms. The maximum Gasteiger partial charge on any atom is 0.305 e. The number of thiazole rings is 1. The predicted octanol–water partition coefficient (Wildman–Crippen LogP) is 3.55. The third-order valence-electron chi connectivity index (χ3n) is 3.33. The summed E-state index contributed by atoms with van der Waals surface area (Å²) in [5.41, 5.74) is 3.28. The van der Waals surface area contributed by atoms with Crippen molar-refractivity contribution < 1.29 is 9.90 Å². The van der Waals surface area contributed by atoms with Gasteiger partial charge >= 0.3 is 5.97 Å². The Morgan fingerprint density at radius 3 is 2.43 bits per heavy atom. The number of rotatable bonds is 6. The number of carboxylic acids is 1. The molecule has 0 amide bonds. The van der Waals surface area contributed by atoms with Crippen molar-refractivity contribution >= 4 is 23.0 Å². The van der Waals surface area contributed by atoms with Gasteiger partial charge in [-0.2, -0.15) is 0 Å². The summed E-state index contributed by atoms with van der Waals surface area (Å²) in [4.78, 5) is 18.6. The van der Waals surface area contributed by atoms with Gasteiger partial charge in [-0.05, 0) is 32.9 Å². The van der Waals surface area contributed by atoms with E-state index in [-0.39, 0.29) is 6.42 Å². The van der Waals surface area contributed by atoms with Crippen LogP contribution >= 0.6 is 11.3 Å². The second kappa shape index (κ2) is 6.72. The van der Waals surface area contributed by atoms with Gasteiger partial charge in [0.15, 0.2) is 0 Å². The third kappa shape index (κ3) is 4.29. The second-order valence-electron chi connectivity index (χ2n) is 5.14. The summed E-state index contributed by atoms with van der Waals surface area (Å²) in [5.74, 6) is -0.774. The molecule has 0 unspecified atom stereocenters. The molecule has 0 aliphatic carbocycles. The van der Waals surface area contributed by atoms with Crippen LogP contribution in [0.3, 0.4) is 0 Å². The van der Waals surface area contributed by atoms with E-state index < -0.39 is 5.97 Å². The lowest BCUT2D eigenvalue weighted by atomic mass is 10.2. The van der Waals surface area contributed by atoms with Crippen LogP contribution in [0.2, 0.25) is 0 Å². The number of hydrogen-bond acceptors (Lipinski definition) is 4.